The number of esters is 1. The molecule has 0 radical (unpaired) electrons. The highest BCUT2D eigenvalue weighted by atomic mass is 16.5. The summed E-state index contributed by atoms with van der Waals surface area (Å²) in [5.74, 6) is -0.577. The summed E-state index contributed by atoms with van der Waals surface area (Å²) in [6, 6.07) is 5.03. The number of anilines is 1. The maximum absolute atomic E-state index is 11.4. The zero-order valence-electron chi connectivity index (χ0n) is 10.2. The van der Waals surface area contributed by atoms with Crippen LogP contribution in [0.4, 0.5) is 5.69 Å². The monoisotopic (exact) mass is 236 g/mol. The lowest BCUT2D eigenvalue weighted by molar-refractivity contribution is -0.115. The third-order valence-electron chi connectivity index (χ3n) is 2.27. The van der Waals surface area contributed by atoms with E-state index in [1.165, 1.54) is 7.11 Å². The van der Waals surface area contributed by atoms with Crippen molar-refractivity contribution >= 4 is 17.6 Å². The molecule has 1 aromatic rings. The van der Waals surface area contributed by atoms with Gasteiger partial charge in [0.15, 0.2) is 0 Å². The van der Waals surface area contributed by atoms with E-state index in [0.717, 1.165) is 5.56 Å². The van der Waals surface area contributed by atoms with Crippen LogP contribution in [-0.4, -0.2) is 32.6 Å². The standard InChI is InChI=1S/C12H16N2O3/c1-8-4-5-9(12(16)17-3)6-10(8)14-11(15)7-13-2/h4-6,13H,7H2,1-3H3,(H,14,15). The Hall–Kier alpha value is -1.88. The highest BCUT2D eigenvalue weighted by Gasteiger charge is 2.09. The van der Waals surface area contributed by atoms with Gasteiger partial charge in [0.2, 0.25) is 5.91 Å². The Morgan fingerprint density at radius 1 is 1.35 bits per heavy atom. The lowest BCUT2D eigenvalue weighted by Crippen LogP contribution is -2.25. The van der Waals surface area contributed by atoms with Crippen LogP contribution in [0.2, 0.25) is 0 Å². The van der Waals surface area contributed by atoms with Crippen molar-refractivity contribution in [1.82, 2.24) is 5.32 Å². The molecule has 0 bridgehead atoms. The fourth-order valence-electron chi connectivity index (χ4n) is 1.36. The summed E-state index contributed by atoms with van der Waals surface area (Å²) >= 11 is 0. The third-order valence-corrected chi connectivity index (χ3v) is 2.27. The van der Waals surface area contributed by atoms with Gasteiger partial charge in [0, 0.05) is 5.69 Å². The molecule has 0 spiro atoms. The SMILES string of the molecule is CNCC(=O)Nc1cc(C(=O)OC)ccc1C. The van der Waals surface area contributed by atoms with Crippen LogP contribution in [0, 0.1) is 6.92 Å². The largest absolute Gasteiger partial charge is 0.465 e. The first-order chi connectivity index (χ1) is 8.08. The number of rotatable bonds is 4. The summed E-state index contributed by atoms with van der Waals surface area (Å²) in [7, 11) is 3.01. The van der Waals surface area contributed by atoms with Crippen molar-refractivity contribution in [3.05, 3.63) is 29.3 Å². The first-order valence-electron chi connectivity index (χ1n) is 5.22. The Morgan fingerprint density at radius 3 is 2.65 bits per heavy atom. The average molecular weight is 236 g/mol. The maximum Gasteiger partial charge on any atom is 0.337 e. The molecule has 0 atom stereocenters. The van der Waals surface area contributed by atoms with E-state index in [-0.39, 0.29) is 12.5 Å². The van der Waals surface area contributed by atoms with Crippen molar-refractivity contribution in [3.63, 3.8) is 0 Å². The van der Waals surface area contributed by atoms with Crippen molar-refractivity contribution in [3.8, 4) is 0 Å². The Morgan fingerprint density at radius 2 is 2.06 bits per heavy atom. The molecule has 5 heteroatoms. The minimum absolute atomic E-state index is 0.155. The number of methoxy groups -OCH3 is 1. The highest BCUT2D eigenvalue weighted by molar-refractivity contribution is 5.96. The molecule has 1 amide bonds. The van der Waals surface area contributed by atoms with Gasteiger partial charge < -0.3 is 15.4 Å². The molecule has 0 aliphatic rings. The lowest BCUT2D eigenvalue weighted by Gasteiger charge is -2.09. The molecular formula is C12H16N2O3. The second-order valence-electron chi connectivity index (χ2n) is 3.60. The normalized spacial score (nSPS) is 9.82. The van der Waals surface area contributed by atoms with E-state index >= 15 is 0 Å². The van der Waals surface area contributed by atoms with Crippen molar-refractivity contribution in [1.29, 1.82) is 0 Å². The minimum atomic E-state index is -0.422. The van der Waals surface area contributed by atoms with Gasteiger partial charge in [-0.3, -0.25) is 4.79 Å². The summed E-state index contributed by atoms with van der Waals surface area (Å²) in [4.78, 5) is 22.8. The summed E-state index contributed by atoms with van der Waals surface area (Å²) in [6.45, 7) is 2.08. The van der Waals surface area contributed by atoms with E-state index in [9.17, 15) is 9.59 Å². The molecule has 0 saturated carbocycles. The topological polar surface area (TPSA) is 67.4 Å². The number of benzene rings is 1. The fourth-order valence-corrected chi connectivity index (χ4v) is 1.36. The van der Waals surface area contributed by atoms with E-state index < -0.39 is 5.97 Å². The Kier molecular flexibility index (Phi) is 4.66. The van der Waals surface area contributed by atoms with Crippen molar-refractivity contribution in [2.45, 2.75) is 6.92 Å². The number of aryl methyl sites for hydroxylation is 1. The number of amides is 1. The molecule has 0 unspecified atom stereocenters. The van der Waals surface area contributed by atoms with Gasteiger partial charge in [0.05, 0.1) is 19.2 Å². The first kappa shape index (κ1) is 13.2. The highest BCUT2D eigenvalue weighted by Crippen LogP contribution is 2.17. The summed E-state index contributed by atoms with van der Waals surface area (Å²) in [5.41, 5.74) is 1.92. The Balaban J connectivity index is 2.90. The number of carbonyl (C=O) groups is 2. The number of nitrogens with one attached hydrogen (secondary N) is 2. The molecule has 92 valence electrons. The minimum Gasteiger partial charge on any atom is -0.465 e. The number of hydrogen-bond acceptors (Lipinski definition) is 4. The zero-order chi connectivity index (χ0) is 12.8. The predicted molar refractivity (Wildman–Crippen MR) is 65.1 cm³/mol. The van der Waals surface area contributed by atoms with E-state index in [1.54, 1.807) is 25.2 Å². The second kappa shape index (κ2) is 6.00. The van der Waals surface area contributed by atoms with Crippen LogP contribution in [-0.2, 0) is 9.53 Å². The molecule has 0 saturated heterocycles. The number of hydrogen-bond donors (Lipinski definition) is 2. The third kappa shape index (κ3) is 3.57. The Bertz CT molecular complexity index is 430. The van der Waals surface area contributed by atoms with Crippen LogP contribution in [0.1, 0.15) is 15.9 Å². The van der Waals surface area contributed by atoms with E-state index in [4.69, 9.17) is 0 Å². The van der Waals surface area contributed by atoms with Gasteiger partial charge in [-0.05, 0) is 31.7 Å². The fraction of sp³-hybridized carbons (Fsp3) is 0.333. The van der Waals surface area contributed by atoms with E-state index in [2.05, 4.69) is 15.4 Å². The van der Waals surface area contributed by atoms with Gasteiger partial charge in [0.1, 0.15) is 0 Å². The molecule has 0 heterocycles. The number of likely N-dealkylation sites (N-methyl/N-ethyl adjacent to an activating group) is 1. The van der Waals surface area contributed by atoms with Crippen LogP contribution >= 0.6 is 0 Å². The number of carbonyl (C=O) groups excluding carboxylic acids is 2. The molecule has 0 aliphatic carbocycles. The van der Waals surface area contributed by atoms with Gasteiger partial charge in [-0.2, -0.15) is 0 Å². The summed E-state index contributed by atoms with van der Waals surface area (Å²) in [6.07, 6.45) is 0. The second-order valence-corrected chi connectivity index (χ2v) is 3.60. The van der Waals surface area contributed by atoms with Crippen LogP contribution < -0.4 is 10.6 Å². The first-order valence-corrected chi connectivity index (χ1v) is 5.22. The van der Waals surface area contributed by atoms with Gasteiger partial charge in [0.25, 0.3) is 0 Å². The van der Waals surface area contributed by atoms with Crippen LogP contribution in [0.3, 0.4) is 0 Å². The van der Waals surface area contributed by atoms with Crippen molar-refractivity contribution < 1.29 is 14.3 Å². The maximum atomic E-state index is 11.4. The van der Waals surface area contributed by atoms with Crippen LogP contribution in [0.5, 0.6) is 0 Å². The van der Waals surface area contributed by atoms with Crippen molar-refractivity contribution in [2.24, 2.45) is 0 Å². The smallest absolute Gasteiger partial charge is 0.337 e. The van der Waals surface area contributed by atoms with Gasteiger partial charge in [-0.25, -0.2) is 4.79 Å². The molecule has 2 N–H and O–H groups in total. The van der Waals surface area contributed by atoms with Gasteiger partial charge in [-0.15, -0.1) is 0 Å². The number of ether oxygens (including phenoxy) is 1. The molecule has 0 aliphatic heterocycles. The molecule has 5 nitrogen and oxygen atoms in total. The van der Waals surface area contributed by atoms with Crippen LogP contribution in [0.15, 0.2) is 18.2 Å². The summed E-state index contributed by atoms with van der Waals surface area (Å²) in [5, 5.41) is 5.47. The van der Waals surface area contributed by atoms with Crippen LogP contribution in [0.25, 0.3) is 0 Å². The van der Waals surface area contributed by atoms with Gasteiger partial charge in [-0.1, -0.05) is 6.07 Å². The quantitative estimate of drug-likeness (QED) is 0.763. The predicted octanol–water partition coefficient (Wildman–Crippen LogP) is 0.940. The molecule has 1 aromatic carbocycles. The Labute approximate surface area is 100 Å². The molecule has 1 rings (SSSR count). The van der Waals surface area contributed by atoms with Gasteiger partial charge >= 0.3 is 5.97 Å². The average Bonchev–Trinajstić information content (AvgIpc) is 2.31. The van der Waals surface area contributed by atoms with Crippen molar-refractivity contribution in [2.75, 3.05) is 26.0 Å². The van der Waals surface area contributed by atoms with E-state index in [1.807, 2.05) is 6.92 Å². The molecule has 0 aromatic heterocycles. The molecule has 17 heavy (non-hydrogen) atoms. The lowest BCUT2D eigenvalue weighted by atomic mass is 10.1. The summed E-state index contributed by atoms with van der Waals surface area (Å²) < 4.78 is 4.62. The molecule has 0 fully saturated rings. The zero-order valence-corrected chi connectivity index (χ0v) is 10.2. The van der Waals surface area contributed by atoms with E-state index in [0.29, 0.717) is 11.3 Å². The molecular weight excluding hydrogens is 220 g/mol.